The second kappa shape index (κ2) is 10.8. The molecule has 0 bridgehead atoms. The fourth-order valence-electron chi connectivity index (χ4n) is 8.40. The lowest BCUT2D eigenvalue weighted by molar-refractivity contribution is 0.676. The molecular formula is C48H27N3OS. The Labute approximate surface area is 306 Å². The van der Waals surface area contributed by atoms with E-state index < -0.39 is 0 Å². The van der Waals surface area contributed by atoms with E-state index in [2.05, 4.69) is 168 Å². The second-order valence-electron chi connectivity index (χ2n) is 13.7. The monoisotopic (exact) mass is 693 g/mol. The predicted octanol–water partition coefficient (Wildman–Crippen LogP) is 13.5. The van der Waals surface area contributed by atoms with E-state index >= 15 is 0 Å². The molecule has 4 aromatic heterocycles. The molecule has 0 radical (unpaired) electrons. The normalized spacial score (nSPS) is 12.2. The first kappa shape index (κ1) is 28.8. The van der Waals surface area contributed by atoms with Crippen LogP contribution in [0.3, 0.4) is 0 Å². The molecule has 12 aromatic rings. The SMILES string of the molecule is c1ccc(-c2nc(-n3c4ccc(-c5cccc6ccccc56)cc4c4c5oc6c7ccccc7ccc6c5ccc43)nc3c2sc2ccccc23)cc1. The summed E-state index contributed by atoms with van der Waals surface area (Å²) in [5.41, 5.74) is 9.13. The lowest BCUT2D eigenvalue weighted by Gasteiger charge is -2.11. The lowest BCUT2D eigenvalue weighted by atomic mass is 9.97. The molecule has 0 spiro atoms. The van der Waals surface area contributed by atoms with E-state index in [1.165, 1.54) is 21.0 Å². The van der Waals surface area contributed by atoms with E-state index in [4.69, 9.17) is 14.4 Å². The Balaban J connectivity index is 1.23. The highest BCUT2D eigenvalue weighted by molar-refractivity contribution is 7.26. The largest absolute Gasteiger partial charge is 0.455 e. The van der Waals surface area contributed by atoms with Gasteiger partial charge < -0.3 is 4.42 Å². The van der Waals surface area contributed by atoms with Crippen molar-refractivity contribution in [3.05, 3.63) is 164 Å². The van der Waals surface area contributed by atoms with Crippen LogP contribution in [0.5, 0.6) is 0 Å². The van der Waals surface area contributed by atoms with E-state index in [1.807, 2.05) is 0 Å². The molecule has 0 amide bonds. The van der Waals surface area contributed by atoms with Gasteiger partial charge in [-0.2, -0.15) is 0 Å². The third-order valence-electron chi connectivity index (χ3n) is 10.8. The van der Waals surface area contributed by atoms with E-state index in [0.717, 1.165) is 86.9 Å². The average molecular weight is 694 g/mol. The molecular weight excluding hydrogens is 667 g/mol. The molecule has 0 saturated heterocycles. The van der Waals surface area contributed by atoms with Crippen molar-refractivity contribution in [3.8, 4) is 28.3 Å². The van der Waals surface area contributed by atoms with Crippen LogP contribution in [0.1, 0.15) is 0 Å². The maximum absolute atomic E-state index is 7.01. The molecule has 53 heavy (non-hydrogen) atoms. The molecule has 0 aliphatic heterocycles. The predicted molar refractivity (Wildman–Crippen MR) is 222 cm³/mol. The highest BCUT2D eigenvalue weighted by atomic mass is 32.1. The zero-order chi connectivity index (χ0) is 34.6. The molecule has 246 valence electrons. The first-order valence-corrected chi connectivity index (χ1v) is 18.6. The Morgan fingerprint density at radius 2 is 1.17 bits per heavy atom. The van der Waals surface area contributed by atoms with Gasteiger partial charge in [-0.3, -0.25) is 4.57 Å². The first-order chi connectivity index (χ1) is 26.3. The Morgan fingerprint density at radius 1 is 0.472 bits per heavy atom. The number of benzene rings is 8. The minimum Gasteiger partial charge on any atom is -0.455 e. The second-order valence-corrected chi connectivity index (χ2v) is 14.8. The Kier molecular flexibility index (Phi) is 5.90. The third kappa shape index (κ3) is 4.11. The van der Waals surface area contributed by atoms with Crippen molar-refractivity contribution in [1.29, 1.82) is 0 Å². The van der Waals surface area contributed by atoms with Crippen LogP contribution in [0.4, 0.5) is 0 Å². The number of aromatic nitrogens is 3. The zero-order valence-corrected chi connectivity index (χ0v) is 29.1. The Morgan fingerprint density at radius 3 is 2.06 bits per heavy atom. The number of rotatable bonds is 3. The number of thiophene rings is 1. The van der Waals surface area contributed by atoms with Gasteiger partial charge in [0.2, 0.25) is 5.95 Å². The maximum Gasteiger partial charge on any atom is 0.235 e. The third-order valence-corrected chi connectivity index (χ3v) is 12.0. The van der Waals surface area contributed by atoms with Crippen LogP contribution < -0.4 is 0 Å². The fraction of sp³-hybridized carbons (Fsp3) is 0. The van der Waals surface area contributed by atoms with Gasteiger partial charge in [0.25, 0.3) is 0 Å². The summed E-state index contributed by atoms with van der Waals surface area (Å²) in [6, 6.07) is 58.2. The summed E-state index contributed by atoms with van der Waals surface area (Å²) >= 11 is 1.75. The smallest absolute Gasteiger partial charge is 0.235 e. The quantitative estimate of drug-likeness (QED) is 0.185. The number of hydrogen-bond donors (Lipinski definition) is 0. The zero-order valence-electron chi connectivity index (χ0n) is 28.2. The van der Waals surface area contributed by atoms with Gasteiger partial charge >= 0.3 is 0 Å². The summed E-state index contributed by atoms with van der Waals surface area (Å²) < 4.78 is 11.5. The van der Waals surface area contributed by atoms with E-state index in [-0.39, 0.29) is 0 Å². The van der Waals surface area contributed by atoms with Crippen molar-refractivity contribution in [2.75, 3.05) is 0 Å². The number of furan rings is 1. The molecule has 0 aliphatic carbocycles. The van der Waals surface area contributed by atoms with Gasteiger partial charge in [-0.05, 0) is 63.7 Å². The summed E-state index contributed by atoms with van der Waals surface area (Å²) in [4.78, 5) is 10.8. The van der Waals surface area contributed by atoms with Gasteiger partial charge in [0.15, 0.2) is 0 Å². The molecule has 0 fully saturated rings. The molecule has 0 N–H and O–H groups in total. The van der Waals surface area contributed by atoms with Crippen molar-refractivity contribution >= 4 is 96.9 Å². The molecule has 4 heterocycles. The van der Waals surface area contributed by atoms with Gasteiger partial charge in [-0.25, -0.2) is 9.97 Å². The van der Waals surface area contributed by atoms with Gasteiger partial charge in [0.1, 0.15) is 11.2 Å². The highest BCUT2D eigenvalue weighted by Gasteiger charge is 2.23. The fourth-order valence-corrected chi connectivity index (χ4v) is 9.55. The molecule has 0 aliphatic rings. The highest BCUT2D eigenvalue weighted by Crippen LogP contribution is 2.45. The topological polar surface area (TPSA) is 43.9 Å². The molecule has 5 heteroatoms. The van der Waals surface area contributed by atoms with Gasteiger partial charge in [0, 0.05) is 37.2 Å². The summed E-state index contributed by atoms with van der Waals surface area (Å²) in [6.07, 6.45) is 0. The van der Waals surface area contributed by atoms with Gasteiger partial charge in [0.05, 0.1) is 32.3 Å². The maximum atomic E-state index is 7.01. The van der Waals surface area contributed by atoms with Crippen molar-refractivity contribution in [3.63, 3.8) is 0 Å². The standard InChI is InChI=1S/C48H27N3OS/c1-2-13-30(14-3-1)43-47-44(37-18-8-9-20-41(37)53-47)50-48(49-43)51-39-25-22-31(33-19-10-15-28-11-4-6-16-32(28)33)27-38(39)42-40(51)26-24-36-35-23-21-29-12-5-7-17-34(29)45(35)52-46(36)42/h1-27H. The minimum atomic E-state index is 0.638. The molecule has 0 saturated carbocycles. The number of nitrogens with zero attached hydrogens (tertiary/aromatic N) is 3. The van der Waals surface area contributed by atoms with Crippen LogP contribution in [-0.2, 0) is 0 Å². The van der Waals surface area contributed by atoms with E-state index in [9.17, 15) is 0 Å². The lowest BCUT2D eigenvalue weighted by Crippen LogP contribution is -2.02. The van der Waals surface area contributed by atoms with Crippen molar-refractivity contribution in [2.24, 2.45) is 0 Å². The van der Waals surface area contributed by atoms with E-state index in [1.54, 1.807) is 11.3 Å². The average Bonchev–Trinajstić information content (AvgIpc) is 3.90. The Hall–Kier alpha value is -6.82. The van der Waals surface area contributed by atoms with Crippen LogP contribution >= 0.6 is 11.3 Å². The molecule has 0 unspecified atom stereocenters. The minimum absolute atomic E-state index is 0.638. The van der Waals surface area contributed by atoms with Gasteiger partial charge in [-0.1, -0.05) is 127 Å². The molecule has 4 nitrogen and oxygen atoms in total. The Bertz CT molecular complexity index is 3460. The van der Waals surface area contributed by atoms with Gasteiger partial charge in [-0.15, -0.1) is 11.3 Å². The number of fused-ring (bicyclic) bond motifs is 13. The summed E-state index contributed by atoms with van der Waals surface area (Å²) in [6.45, 7) is 0. The summed E-state index contributed by atoms with van der Waals surface area (Å²) in [5, 5.41) is 10.2. The van der Waals surface area contributed by atoms with Crippen molar-refractivity contribution in [2.45, 2.75) is 0 Å². The van der Waals surface area contributed by atoms with Crippen LogP contribution in [0.25, 0.3) is 114 Å². The molecule has 0 atom stereocenters. The summed E-state index contributed by atoms with van der Waals surface area (Å²) in [5.74, 6) is 0.638. The van der Waals surface area contributed by atoms with Crippen LogP contribution in [0.2, 0.25) is 0 Å². The van der Waals surface area contributed by atoms with Crippen LogP contribution in [0.15, 0.2) is 168 Å². The number of hydrogen-bond acceptors (Lipinski definition) is 4. The van der Waals surface area contributed by atoms with Crippen molar-refractivity contribution < 1.29 is 4.42 Å². The van der Waals surface area contributed by atoms with Crippen molar-refractivity contribution in [1.82, 2.24) is 14.5 Å². The van der Waals surface area contributed by atoms with Crippen LogP contribution in [-0.4, -0.2) is 14.5 Å². The summed E-state index contributed by atoms with van der Waals surface area (Å²) in [7, 11) is 0. The van der Waals surface area contributed by atoms with E-state index in [0.29, 0.717) is 5.95 Å². The molecule has 12 rings (SSSR count). The molecule has 8 aromatic carbocycles. The van der Waals surface area contributed by atoms with Crippen LogP contribution in [0, 0.1) is 0 Å². The first-order valence-electron chi connectivity index (χ1n) is 17.8.